The number of imide groups is 1. The number of fused-ring (bicyclic) bond motifs is 2. The summed E-state index contributed by atoms with van der Waals surface area (Å²) in [6.45, 7) is 0. The van der Waals surface area contributed by atoms with Gasteiger partial charge in [-0.05, 0) is 36.8 Å². The molecule has 4 rings (SSSR count). The molecule has 1 aromatic rings. The molecule has 2 saturated carbocycles. The first-order valence-corrected chi connectivity index (χ1v) is 8.90. The smallest absolute Gasteiger partial charge is 0.328 e. The van der Waals surface area contributed by atoms with Gasteiger partial charge in [-0.1, -0.05) is 12.1 Å². The van der Waals surface area contributed by atoms with Gasteiger partial charge in [-0.2, -0.15) is 0 Å². The summed E-state index contributed by atoms with van der Waals surface area (Å²) in [5.74, 6) is -1.77. The Kier molecular flexibility index (Phi) is 5.39. The molecule has 1 heterocycles. The number of carbonyl (C=O) groups is 5. The van der Waals surface area contributed by atoms with Gasteiger partial charge in [0.15, 0.2) is 0 Å². The van der Waals surface area contributed by atoms with Crippen LogP contribution in [0.5, 0.6) is 0 Å². The van der Waals surface area contributed by atoms with Crippen molar-refractivity contribution in [1.29, 1.82) is 0 Å². The van der Waals surface area contributed by atoms with Crippen LogP contribution in [-0.4, -0.2) is 50.7 Å². The van der Waals surface area contributed by atoms with E-state index < -0.39 is 11.9 Å². The number of benzene rings is 1. The third-order valence-electron chi connectivity index (χ3n) is 5.36. The molecule has 28 heavy (non-hydrogen) atoms. The highest BCUT2D eigenvalue weighted by molar-refractivity contribution is 6.21. The molecule has 2 atom stereocenters. The van der Waals surface area contributed by atoms with Gasteiger partial charge in [-0.15, -0.1) is 0 Å². The van der Waals surface area contributed by atoms with Crippen molar-refractivity contribution in [3.8, 4) is 0 Å². The zero-order valence-corrected chi connectivity index (χ0v) is 14.9. The highest BCUT2D eigenvalue weighted by Crippen LogP contribution is 2.45. The van der Waals surface area contributed by atoms with Crippen LogP contribution in [0.3, 0.4) is 0 Å². The van der Waals surface area contributed by atoms with E-state index in [9.17, 15) is 24.0 Å². The number of hydrogen-bond acceptors (Lipinski definition) is 5. The van der Waals surface area contributed by atoms with Crippen LogP contribution in [0, 0.1) is 11.8 Å². The summed E-state index contributed by atoms with van der Waals surface area (Å²) < 4.78 is 0. The molecule has 0 aromatic heterocycles. The van der Waals surface area contributed by atoms with E-state index in [0.29, 0.717) is 53.7 Å². The molecule has 8 heteroatoms. The Labute approximate surface area is 160 Å². The summed E-state index contributed by atoms with van der Waals surface area (Å²) in [5.41, 5.74) is 1.04. The number of amides is 2. The molecule has 8 nitrogen and oxygen atoms in total. The third kappa shape index (κ3) is 3.85. The van der Waals surface area contributed by atoms with Crippen molar-refractivity contribution in [2.75, 3.05) is 0 Å². The van der Waals surface area contributed by atoms with Crippen LogP contribution in [0.15, 0.2) is 36.4 Å². The molecular formula is C20H19NO7. The molecule has 2 aliphatic carbocycles. The van der Waals surface area contributed by atoms with Crippen molar-refractivity contribution in [2.24, 2.45) is 11.8 Å². The number of carbonyl (C=O) groups excluding carboxylic acids is 3. The van der Waals surface area contributed by atoms with Gasteiger partial charge in [-0.25, -0.2) is 9.59 Å². The maximum atomic E-state index is 12.4. The van der Waals surface area contributed by atoms with Gasteiger partial charge in [-0.3, -0.25) is 19.3 Å². The Balaban J connectivity index is 0.000000242. The normalized spacial score (nSPS) is 25.5. The lowest BCUT2D eigenvalue weighted by Gasteiger charge is -2.22. The molecule has 2 amide bonds. The monoisotopic (exact) mass is 385 g/mol. The standard InChI is InChI=1S/C16H15NO3.C4H4O4/c18-12-7-9-5-11(6-10(9)8-12)17-15(19)13-3-1-2-4-14(13)16(17)20;5-3(6)1-2-4(7)8/h1-4,9-11H,5-8H2;1-2H,(H,5,6)(H,7,8)/b;2-1+. The maximum absolute atomic E-state index is 12.4. The van der Waals surface area contributed by atoms with E-state index in [1.165, 1.54) is 4.90 Å². The number of aliphatic carboxylic acids is 2. The minimum Gasteiger partial charge on any atom is -0.478 e. The molecule has 1 aromatic carbocycles. The average molecular weight is 385 g/mol. The molecule has 0 saturated heterocycles. The summed E-state index contributed by atoms with van der Waals surface area (Å²) in [6, 6.07) is 6.99. The largest absolute Gasteiger partial charge is 0.478 e. The zero-order valence-electron chi connectivity index (χ0n) is 14.9. The Morgan fingerprint density at radius 2 is 1.29 bits per heavy atom. The molecule has 2 fully saturated rings. The van der Waals surface area contributed by atoms with E-state index in [4.69, 9.17) is 10.2 Å². The number of Topliss-reactive ketones (excluding diaryl/α,β-unsaturated/α-hetero) is 1. The predicted octanol–water partition coefficient (Wildman–Crippen LogP) is 1.75. The van der Waals surface area contributed by atoms with E-state index >= 15 is 0 Å². The Hall–Kier alpha value is -3.29. The van der Waals surface area contributed by atoms with Crippen molar-refractivity contribution in [2.45, 2.75) is 31.7 Å². The van der Waals surface area contributed by atoms with Crippen molar-refractivity contribution < 1.29 is 34.2 Å². The number of nitrogens with zero attached hydrogens (tertiary/aromatic N) is 1. The number of ketones is 1. The molecule has 1 aliphatic heterocycles. The van der Waals surface area contributed by atoms with Gasteiger partial charge < -0.3 is 10.2 Å². The van der Waals surface area contributed by atoms with Crippen LogP contribution in [0.25, 0.3) is 0 Å². The lowest BCUT2D eigenvalue weighted by atomic mass is 10.0. The minimum absolute atomic E-state index is 0.0227. The lowest BCUT2D eigenvalue weighted by molar-refractivity contribution is -0.134. The van der Waals surface area contributed by atoms with Crippen molar-refractivity contribution in [3.63, 3.8) is 0 Å². The summed E-state index contributed by atoms with van der Waals surface area (Å²) >= 11 is 0. The molecule has 146 valence electrons. The van der Waals surface area contributed by atoms with E-state index in [1.807, 2.05) is 0 Å². The zero-order chi connectivity index (χ0) is 20.4. The number of rotatable bonds is 3. The summed E-state index contributed by atoms with van der Waals surface area (Å²) in [5, 5.41) is 15.6. The molecule has 3 aliphatic rings. The van der Waals surface area contributed by atoms with Crippen molar-refractivity contribution in [1.82, 2.24) is 4.90 Å². The topological polar surface area (TPSA) is 129 Å². The van der Waals surface area contributed by atoms with Crippen LogP contribution in [0.2, 0.25) is 0 Å². The van der Waals surface area contributed by atoms with Gasteiger partial charge in [0, 0.05) is 31.0 Å². The summed E-state index contributed by atoms with van der Waals surface area (Å²) in [4.78, 5) is 56.8. The van der Waals surface area contributed by atoms with Gasteiger partial charge in [0.25, 0.3) is 11.8 Å². The Bertz CT molecular complexity index is 821. The molecule has 2 unspecified atom stereocenters. The second kappa shape index (κ2) is 7.75. The minimum atomic E-state index is -1.26. The first-order chi connectivity index (χ1) is 13.3. The van der Waals surface area contributed by atoms with Gasteiger partial charge in [0.2, 0.25) is 0 Å². The quantitative estimate of drug-likeness (QED) is 0.599. The average Bonchev–Trinajstić information content (AvgIpc) is 3.24. The van der Waals surface area contributed by atoms with Crippen LogP contribution in [0.1, 0.15) is 46.4 Å². The molecular weight excluding hydrogens is 366 g/mol. The molecule has 0 bridgehead atoms. The Morgan fingerprint density at radius 1 is 0.857 bits per heavy atom. The van der Waals surface area contributed by atoms with Crippen molar-refractivity contribution in [3.05, 3.63) is 47.5 Å². The van der Waals surface area contributed by atoms with Gasteiger partial charge in [0.05, 0.1) is 11.1 Å². The number of hydrogen-bond donors (Lipinski definition) is 2. The highest BCUT2D eigenvalue weighted by atomic mass is 16.4. The maximum Gasteiger partial charge on any atom is 0.328 e. The predicted molar refractivity (Wildman–Crippen MR) is 95.6 cm³/mol. The van der Waals surface area contributed by atoms with Crippen LogP contribution in [-0.2, 0) is 14.4 Å². The van der Waals surface area contributed by atoms with Crippen LogP contribution >= 0.6 is 0 Å². The van der Waals surface area contributed by atoms with E-state index in [2.05, 4.69) is 0 Å². The highest BCUT2D eigenvalue weighted by Gasteiger charge is 2.48. The fourth-order valence-corrected chi connectivity index (χ4v) is 4.24. The van der Waals surface area contributed by atoms with Crippen LogP contribution < -0.4 is 0 Å². The van der Waals surface area contributed by atoms with Crippen LogP contribution in [0.4, 0.5) is 0 Å². The molecule has 0 spiro atoms. The van der Waals surface area contributed by atoms with E-state index in [1.54, 1.807) is 24.3 Å². The van der Waals surface area contributed by atoms with E-state index in [0.717, 1.165) is 12.8 Å². The molecule has 0 radical (unpaired) electrons. The fourth-order valence-electron chi connectivity index (χ4n) is 4.24. The first-order valence-electron chi connectivity index (χ1n) is 8.90. The number of carboxylic acid groups (broad SMARTS) is 2. The summed E-state index contributed by atoms with van der Waals surface area (Å²) in [7, 11) is 0. The van der Waals surface area contributed by atoms with Crippen molar-refractivity contribution >= 4 is 29.5 Å². The lowest BCUT2D eigenvalue weighted by Crippen LogP contribution is -2.38. The third-order valence-corrected chi connectivity index (χ3v) is 5.36. The molecule has 2 N–H and O–H groups in total. The second-order valence-electron chi connectivity index (χ2n) is 7.13. The van der Waals surface area contributed by atoms with E-state index in [-0.39, 0.29) is 17.9 Å². The van der Waals surface area contributed by atoms with Gasteiger partial charge >= 0.3 is 11.9 Å². The first kappa shape index (κ1) is 19.5. The summed E-state index contributed by atoms with van der Waals surface area (Å²) in [6.07, 6.45) is 3.96. The second-order valence-corrected chi connectivity index (χ2v) is 7.13. The SMILES string of the molecule is O=C(O)/C=C/C(=O)O.O=C1CC2CC(N3C(=O)c4ccccc4C3=O)CC2C1. The Morgan fingerprint density at radius 3 is 1.68 bits per heavy atom. The fraction of sp³-hybridized carbons (Fsp3) is 0.350. The number of carboxylic acids is 2. The van der Waals surface area contributed by atoms with Gasteiger partial charge in [0.1, 0.15) is 5.78 Å².